The number of aromatic nitrogens is 1. The Hall–Kier alpha value is -2.54. The molecule has 0 aliphatic carbocycles. The summed E-state index contributed by atoms with van der Waals surface area (Å²) in [5, 5.41) is 3.66. The Morgan fingerprint density at radius 2 is 1.96 bits per heavy atom. The number of hydrogen-bond donors (Lipinski definition) is 0. The lowest BCUT2D eigenvalue weighted by Crippen LogP contribution is -2.49. The number of carbonyl (C=O) groups excluding carboxylic acids is 1. The molecule has 1 saturated heterocycles. The van der Waals surface area contributed by atoms with Gasteiger partial charge in [0.15, 0.2) is 0 Å². The summed E-state index contributed by atoms with van der Waals surface area (Å²) in [6.07, 6.45) is 0. The van der Waals surface area contributed by atoms with Gasteiger partial charge in [0.1, 0.15) is 12.4 Å². The van der Waals surface area contributed by atoms with Gasteiger partial charge >= 0.3 is 0 Å². The number of carbonyl (C=O) groups is 1. The summed E-state index contributed by atoms with van der Waals surface area (Å²) in [6, 6.07) is 11.3. The van der Waals surface area contributed by atoms with Gasteiger partial charge < -0.3 is 18.9 Å². The Morgan fingerprint density at radius 1 is 1.21 bits per heavy atom. The maximum atomic E-state index is 12.3. The number of para-hydroxylation sites is 1. The van der Waals surface area contributed by atoms with Gasteiger partial charge in [-0.3, -0.25) is 9.69 Å². The SMILES string of the molecule is COc1cc(C(=O)N2CCN(CCOc3ccccc3)CC2)on1. The van der Waals surface area contributed by atoms with Gasteiger partial charge in [0.25, 0.3) is 11.8 Å². The summed E-state index contributed by atoms with van der Waals surface area (Å²) < 4.78 is 15.7. The Kier molecular flexibility index (Phi) is 5.32. The highest BCUT2D eigenvalue weighted by atomic mass is 16.5. The molecule has 1 aromatic heterocycles. The van der Waals surface area contributed by atoms with E-state index in [2.05, 4.69) is 10.1 Å². The topological polar surface area (TPSA) is 68.0 Å². The number of nitrogens with zero attached hydrogens (tertiary/aromatic N) is 3. The zero-order chi connectivity index (χ0) is 16.8. The molecule has 0 radical (unpaired) electrons. The third-order valence-corrected chi connectivity index (χ3v) is 3.99. The largest absolute Gasteiger partial charge is 0.492 e. The molecule has 24 heavy (non-hydrogen) atoms. The summed E-state index contributed by atoms with van der Waals surface area (Å²) >= 11 is 0. The maximum Gasteiger partial charge on any atom is 0.292 e. The fraction of sp³-hybridized carbons (Fsp3) is 0.412. The second kappa shape index (κ2) is 7.83. The van der Waals surface area contributed by atoms with Crippen LogP contribution in [-0.4, -0.2) is 67.3 Å². The van der Waals surface area contributed by atoms with Crippen LogP contribution >= 0.6 is 0 Å². The van der Waals surface area contributed by atoms with Gasteiger partial charge in [-0.2, -0.15) is 0 Å². The van der Waals surface area contributed by atoms with Crippen molar-refractivity contribution in [3.8, 4) is 11.6 Å². The van der Waals surface area contributed by atoms with E-state index in [1.165, 1.54) is 13.2 Å². The van der Waals surface area contributed by atoms with E-state index in [4.69, 9.17) is 14.0 Å². The zero-order valence-corrected chi connectivity index (χ0v) is 13.7. The van der Waals surface area contributed by atoms with E-state index >= 15 is 0 Å². The minimum absolute atomic E-state index is 0.147. The molecule has 7 heteroatoms. The van der Waals surface area contributed by atoms with E-state index in [0.717, 1.165) is 25.4 Å². The van der Waals surface area contributed by atoms with Crippen molar-refractivity contribution in [2.45, 2.75) is 0 Å². The van der Waals surface area contributed by atoms with E-state index in [-0.39, 0.29) is 11.7 Å². The molecule has 1 fully saturated rings. The first kappa shape index (κ1) is 16.3. The molecule has 2 aromatic rings. The minimum atomic E-state index is -0.147. The van der Waals surface area contributed by atoms with Crippen molar-refractivity contribution in [1.29, 1.82) is 0 Å². The molecule has 0 unspecified atom stereocenters. The third kappa shape index (κ3) is 4.05. The van der Waals surface area contributed by atoms with Crippen molar-refractivity contribution in [3.63, 3.8) is 0 Å². The standard InChI is InChI=1S/C17H21N3O4/c1-22-16-13-15(24-18-16)17(21)20-9-7-19(8-10-20)11-12-23-14-5-3-2-4-6-14/h2-6,13H,7-12H2,1H3. The Morgan fingerprint density at radius 3 is 2.62 bits per heavy atom. The molecule has 1 amide bonds. The lowest BCUT2D eigenvalue weighted by molar-refractivity contribution is 0.0581. The first-order valence-electron chi connectivity index (χ1n) is 7.96. The highest BCUT2D eigenvalue weighted by molar-refractivity contribution is 5.91. The number of benzene rings is 1. The van der Waals surface area contributed by atoms with Gasteiger partial charge in [0.05, 0.1) is 13.2 Å². The van der Waals surface area contributed by atoms with Crippen LogP contribution in [0.2, 0.25) is 0 Å². The maximum absolute atomic E-state index is 12.3. The summed E-state index contributed by atoms with van der Waals surface area (Å²) in [6.45, 7) is 4.43. The normalized spacial score (nSPS) is 15.3. The summed E-state index contributed by atoms with van der Waals surface area (Å²) in [4.78, 5) is 16.4. The Balaban J connectivity index is 1.41. The smallest absolute Gasteiger partial charge is 0.292 e. The zero-order valence-electron chi connectivity index (χ0n) is 13.7. The Bertz CT molecular complexity index is 651. The predicted molar refractivity (Wildman–Crippen MR) is 87.3 cm³/mol. The van der Waals surface area contributed by atoms with Gasteiger partial charge in [-0.25, -0.2) is 0 Å². The number of methoxy groups -OCH3 is 1. The van der Waals surface area contributed by atoms with Crippen LogP contribution in [0.15, 0.2) is 40.9 Å². The lowest BCUT2D eigenvalue weighted by atomic mass is 10.3. The van der Waals surface area contributed by atoms with E-state index in [1.54, 1.807) is 4.90 Å². The van der Waals surface area contributed by atoms with Gasteiger partial charge in [0.2, 0.25) is 5.76 Å². The molecular weight excluding hydrogens is 310 g/mol. The van der Waals surface area contributed by atoms with Crippen molar-refractivity contribution in [1.82, 2.24) is 15.0 Å². The number of amides is 1. The molecule has 1 aliphatic rings. The first-order chi connectivity index (χ1) is 11.8. The summed E-state index contributed by atoms with van der Waals surface area (Å²) in [5.74, 6) is 1.26. The molecule has 2 heterocycles. The van der Waals surface area contributed by atoms with Crippen LogP contribution in [0.4, 0.5) is 0 Å². The molecule has 0 spiro atoms. The molecule has 1 aliphatic heterocycles. The average molecular weight is 331 g/mol. The van der Waals surface area contributed by atoms with Crippen LogP contribution in [0.5, 0.6) is 11.6 Å². The highest BCUT2D eigenvalue weighted by Gasteiger charge is 2.25. The van der Waals surface area contributed by atoms with Crippen LogP contribution in [0.25, 0.3) is 0 Å². The molecule has 7 nitrogen and oxygen atoms in total. The van der Waals surface area contributed by atoms with Crippen molar-refractivity contribution >= 4 is 5.91 Å². The third-order valence-electron chi connectivity index (χ3n) is 3.99. The lowest BCUT2D eigenvalue weighted by Gasteiger charge is -2.34. The average Bonchev–Trinajstić information content (AvgIpc) is 3.12. The first-order valence-corrected chi connectivity index (χ1v) is 7.96. The van der Waals surface area contributed by atoms with Gasteiger partial charge in [-0.15, -0.1) is 0 Å². The molecule has 3 rings (SSSR count). The molecule has 0 bridgehead atoms. The molecular formula is C17H21N3O4. The van der Waals surface area contributed by atoms with Gasteiger partial charge in [-0.05, 0) is 17.3 Å². The summed E-state index contributed by atoms with van der Waals surface area (Å²) in [7, 11) is 1.49. The second-order valence-corrected chi connectivity index (χ2v) is 5.53. The van der Waals surface area contributed by atoms with E-state index < -0.39 is 0 Å². The number of hydrogen-bond acceptors (Lipinski definition) is 6. The molecule has 128 valence electrons. The van der Waals surface area contributed by atoms with Crippen molar-refractivity contribution < 1.29 is 18.8 Å². The molecule has 1 aromatic carbocycles. The van der Waals surface area contributed by atoms with Crippen LogP contribution < -0.4 is 9.47 Å². The monoisotopic (exact) mass is 331 g/mol. The Labute approximate surface area is 140 Å². The minimum Gasteiger partial charge on any atom is -0.492 e. The molecule has 0 N–H and O–H groups in total. The van der Waals surface area contributed by atoms with Crippen molar-refractivity contribution in [2.24, 2.45) is 0 Å². The van der Waals surface area contributed by atoms with E-state index in [1.807, 2.05) is 30.3 Å². The number of piperazine rings is 1. The van der Waals surface area contributed by atoms with Crippen LogP contribution in [0, 0.1) is 0 Å². The predicted octanol–water partition coefficient (Wildman–Crippen LogP) is 1.52. The van der Waals surface area contributed by atoms with Crippen LogP contribution in [0.1, 0.15) is 10.6 Å². The van der Waals surface area contributed by atoms with Crippen molar-refractivity contribution in [2.75, 3.05) is 46.4 Å². The van der Waals surface area contributed by atoms with E-state index in [0.29, 0.717) is 25.6 Å². The fourth-order valence-electron chi connectivity index (χ4n) is 2.60. The van der Waals surface area contributed by atoms with Gasteiger partial charge in [0, 0.05) is 32.7 Å². The van der Waals surface area contributed by atoms with Gasteiger partial charge in [-0.1, -0.05) is 18.2 Å². The van der Waals surface area contributed by atoms with Crippen LogP contribution in [0.3, 0.4) is 0 Å². The number of rotatable bonds is 6. The highest BCUT2D eigenvalue weighted by Crippen LogP contribution is 2.14. The summed E-state index contributed by atoms with van der Waals surface area (Å²) in [5.41, 5.74) is 0. The molecule has 0 saturated carbocycles. The quantitative estimate of drug-likeness (QED) is 0.799. The number of ether oxygens (including phenoxy) is 2. The second-order valence-electron chi connectivity index (χ2n) is 5.53. The fourth-order valence-corrected chi connectivity index (χ4v) is 2.60. The van der Waals surface area contributed by atoms with Crippen LogP contribution in [-0.2, 0) is 0 Å². The van der Waals surface area contributed by atoms with Crippen molar-refractivity contribution in [3.05, 3.63) is 42.2 Å². The molecule has 0 atom stereocenters. The van der Waals surface area contributed by atoms with E-state index in [9.17, 15) is 4.79 Å².